The van der Waals surface area contributed by atoms with E-state index >= 15 is 0 Å². The van der Waals surface area contributed by atoms with Gasteiger partial charge in [-0.3, -0.25) is 14.3 Å². The molecule has 27 heavy (non-hydrogen) atoms. The second kappa shape index (κ2) is 8.00. The van der Waals surface area contributed by atoms with Crippen LogP contribution in [0.25, 0.3) is 0 Å². The third kappa shape index (κ3) is 3.74. The summed E-state index contributed by atoms with van der Waals surface area (Å²) in [6, 6.07) is 0. The third-order valence-corrected chi connectivity index (χ3v) is 6.13. The molecule has 1 amide bonds. The highest BCUT2D eigenvalue weighted by Crippen LogP contribution is 2.46. The zero-order valence-electron chi connectivity index (χ0n) is 16.9. The van der Waals surface area contributed by atoms with Gasteiger partial charge in [0.1, 0.15) is 5.60 Å². The van der Waals surface area contributed by atoms with Crippen molar-refractivity contribution in [2.45, 2.75) is 71.6 Å². The van der Waals surface area contributed by atoms with E-state index in [0.29, 0.717) is 19.7 Å². The Balaban J connectivity index is 1.85. The molecule has 1 aromatic rings. The van der Waals surface area contributed by atoms with E-state index < -0.39 is 5.60 Å². The first-order chi connectivity index (χ1) is 12.9. The Morgan fingerprint density at radius 3 is 2.67 bits per heavy atom. The standard InChI is InChI=1S/C20H31N3O4/c1-5-23-15(3)16(14(2)21-23)13-22(10-11-26-4)19(25)17-12-18(24)27-20(17)8-6-7-9-20/h17H,5-13H2,1-4H3/t17-/m0/s1. The molecule has 2 heterocycles. The smallest absolute Gasteiger partial charge is 0.307 e. The van der Waals surface area contributed by atoms with Crippen molar-refractivity contribution in [1.82, 2.24) is 14.7 Å². The maximum Gasteiger partial charge on any atom is 0.307 e. The molecule has 0 bridgehead atoms. The summed E-state index contributed by atoms with van der Waals surface area (Å²) in [5, 5.41) is 4.57. The van der Waals surface area contributed by atoms with Crippen LogP contribution in [-0.4, -0.2) is 52.4 Å². The second-order valence-corrected chi connectivity index (χ2v) is 7.72. The van der Waals surface area contributed by atoms with Gasteiger partial charge in [0.2, 0.25) is 5.91 Å². The van der Waals surface area contributed by atoms with Crippen molar-refractivity contribution in [2.75, 3.05) is 20.3 Å². The minimum Gasteiger partial charge on any atom is -0.458 e. The molecule has 1 saturated carbocycles. The number of ether oxygens (including phenoxy) is 2. The second-order valence-electron chi connectivity index (χ2n) is 7.72. The lowest BCUT2D eigenvalue weighted by Gasteiger charge is -2.32. The normalized spacial score (nSPS) is 21.0. The van der Waals surface area contributed by atoms with E-state index in [4.69, 9.17) is 9.47 Å². The van der Waals surface area contributed by atoms with Gasteiger partial charge in [-0.2, -0.15) is 5.10 Å². The summed E-state index contributed by atoms with van der Waals surface area (Å²) in [7, 11) is 1.63. The van der Waals surface area contributed by atoms with Crippen molar-refractivity contribution in [2.24, 2.45) is 5.92 Å². The number of nitrogens with zero attached hydrogens (tertiary/aromatic N) is 3. The number of methoxy groups -OCH3 is 1. The predicted octanol–water partition coefficient (Wildman–Crippen LogP) is 2.37. The van der Waals surface area contributed by atoms with E-state index in [9.17, 15) is 9.59 Å². The van der Waals surface area contributed by atoms with Crippen LogP contribution < -0.4 is 0 Å². The molecule has 0 radical (unpaired) electrons. The van der Waals surface area contributed by atoms with Crippen LogP contribution in [0, 0.1) is 19.8 Å². The molecule has 0 N–H and O–H groups in total. The van der Waals surface area contributed by atoms with Gasteiger partial charge in [-0.05, 0) is 46.5 Å². The summed E-state index contributed by atoms with van der Waals surface area (Å²) >= 11 is 0. The number of carbonyl (C=O) groups excluding carboxylic acids is 2. The number of rotatable bonds is 7. The molecular weight excluding hydrogens is 346 g/mol. The van der Waals surface area contributed by atoms with Crippen molar-refractivity contribution in [3.63, 3.8) is 0 Å². The Bertz CT molecular complexity index is 706. The van der Waals surface area contributed by atoms with Crippen LogP contribution in [0.1, 0.15) is 56.0 Å². The Morgan fingerprint density at radius 1 is 1.37 bits per heavy atom. The van der Waals surface area contributed by atoms with E-state index in [2.05, 4.69) is 12.0 Å². The molecule has 3 rings (SSSR count). The summed E-state index contributed by atoms with van der Waals surface area (Å²) in [6.07, 6.45) is 3.79. The third-order valence-electron chi connectivity index (χ3n) is 6.13. The van der Waals surface area contributed by atoms with E-state index in [-0.39, 0.29) is 24.2 Å². The minimum atomic E-state index is -0.586. The summed E-state index contributed by atoms with van der Waals surface area (Å²) in [6.45, 7) is 8.31. The van der Waals surface area contributed by atoms with E-state index in [1.165, 1.54) is 0 Å². The van der Waals surface area contributed by atoms with Gasteiger partial charge in [-0.15, -0.1) is 0 Å². The van der Waals surface area contributed by atoms with Crippen molar-refractivity contribution in [3.8, 4) is 0 Å². The molecule has 1 aliphatic heterocycles. The van der Waals surface area contributed by atoms with E-state index in [0.717, 1.165) is 49.2 Å². The van der Waals surface area contributed by atoms with Gasteiger partial charge in [-0.1, -0.05) is 0 Å². The number of hydrogen-bond acceptors (Lipinski definition) is 5. The fraction of sp³-hybridized carbons (Fsp3) is 0.750. The zero-order valence-corrected chi connectivity index (χ0v) is 16.9. The van der Waals surface area contributed by atoms with Crippen LogP contribution in [-0.2, 0) is 32.2 Å². The molecule has 1 aromatic heterocycles. The van der Waals surface area contributed by atoms with Gasteiger partial charge in [0.05, 0.1) is 24.6 Å². The molecule has 2 aliphatic rings. The van der Waals surface area contributed by atoms with Crippen molar-refractivity contribution in [3.05, 3.63) is 17.0 Å². The highest BCUT2D eigenvalue weighted by Gasteiger charge is 2.54. The number of aromatic nitrogens is 2. The summed E-state index contributed by atoms with van der Waals surface area (Å²) in [4.78, 5) is 27.3. The van der Waals surface area contributed by atoms with Crippen LogP contribution >= 0.6 is 0 Å². The first-order valence-corrected chi connectivity index (χ1v) is 9.94. The van der Waals surface area contributed by atoms with Crippen LogP contribution in [0.4, 0.5) is 0 Å². The average molecular weight is 377 g/mol. The van der Waals surface area contributed by atoms with Crippen LogP contribution in [0.5, 0.6) is 0 Å². The van der Waals surface area contributed by atoms with Crippen LogP contribution in [0.3, 0.4) is 0 Å². The molecule has 2 fully saturated rings. The van der Waals surface area contributed by atoms with Crippen molar-refractivity contribution in [1.29, 1.82) is 0 Å². The maximum atomic E-state index is 13.5. The van der Waals surface area contributed by atoms with E-state index in [1.54, 1.807) is 7.11 Å². The van der Waals surface area contributed by atoms with Crippen molar-refractivity contribution < 1.29 is 19.1 Å². The van der Waals surface area contributed by atoms with Crippen molar-refractivity contribution >= 4 is 11.9 Å². The summed E-state index contributed by atoms with van der Waals surface area (Å²) in [5.41, 5.74) is 2.52. The summed E-state index contributed by atoms with van der Waals surface area (Å²) in [5.74, 6) is -0.623. The fourth-order valence-corrected chi connectivity index (χ4v) is 4.58. The predicted molar refractivity (Wildman–Crippen MR) is 100 cm³/mol. The highest BCUT2D eigenvalue weighted by atomic mass is 16.6. The Labute approximate surface area is 161 Å². The van der Waals surface area contributed by atoms with Gasteiger partial charge in [0, 0.05) is 38.0 Å². The quantitative estimate of drug-likeness (QED) is 0.682. The molecule has 7 nitrogen and oxygen atoms in total. The van der Waals surface area contributed by atoms with Gasteiger partial charge >= 0.3 is 5.97 Å². The number of carbonyl (C=O) groups is 2. The van der Waals surface area contributed by atoms with Gasteiger partial charge in [0.25, 0.3) is 0 Å². The largest absolute Gasteiger partial charge is 0.458 e. The number of aryl methyl sites for hydroxylation is 2. The summed E-state index contributed by atoms with van der Waals surface area (Å²) < 4.78 is 12.9. The number of amides is 1. The molecule has 150 valence electrons. The first kappa shape index (κ1) is 19.9. The zero-order chi connectivity index (χ0) is 19.6. The van der Waals surface area contributed by atoms with Gasteiger partial charge in [-0.25, -0.2) is 0 Å². The molecule has 1 saturated heterocycles. The molecule has 7 heteroatoms. The van der Waals surface area contributed by atoms with E-state index in [1.807, 2.05) is 23.4 Å². The molecule has 1 spiro atoms. The van der Waals surface area contributed by atoms with Crippen LogP contribution in [0.2, 0.25) is 0 Å². The lowest BCUT2D eigenvalue weighted by atomic mass is 9.84. The monoisotopic (exact) mass is 377 g/mol. The average Bonchev–Trinajstić information content (AvgIpc) is 3.31. The fourth-order valence-electron chi connectivity index (χ4n) is 4.58. The lowest BCUT2D eigenvalue weighted by molar-refractivity contribution is -0.152. The SMILES string of the molecule is CCn1nc(C)c(CN(CCOC)C(=O)[C@@H]2CC(=O)OC23CCCC3)c1C. The lowest BCUT2D eigenvalue weighted by Crippen LogP contribution is -2.45. The molecule has 1 atom stereocenters. The first-order valence-electron chi connectivity index (χ1n) is 9.94. The molecule has 1 aliphatic carbocycles. The van der Waals surface area contributed by atoms with Crippen LogP contribution in [0.15, 0.2) is 0 Å². The molecule has 0 unspecified atom stereocenters. The van der Waals surface area contributed by atoms with Gasteiger partial charge < -0.3 is 14.4 Å². The minimum absolute atomic E-state index is 0.00264. The van der Waals surface area contributed by atoms with Gasteiger partial charge in [0.15, 0.2) is 0 Å². The topological polar surface area (TPSA) is 73.7 Å². The number of esters is 1. The molecular formula is C20H31N3O4. The Hall–Kier alpha value is -1.89. The maximum absolute atomic E-state index is 13.5. The molecule has 0 aromatic carbocycles. The number of hydrogen-bond donors (Lipinski definition) is 0. The Morgan fingerprint density at radius 2 is 2.07 bits per heavy atom. The Kier molecular flexibility index (Phi) is 5.89. The highest BCUT2D eigenvalue weighted by molar-refractivity contribution is 5.88.